The summed E-state index contributed by atoms with van der Waals surface area (Å²) in [5.74, 6) is -0.0882. The molecule has 0 radical (unpaired) electrons. The summed E-state index contributed by atoms with van der Waals surface area (Å²) in [6.45, 7) is 14.6. The fraction of sp³-hybridized carbons (Fsp3) is 0.643. The van der Waals surface area contributed by atoms with Crippen molar-refractivity contribution in [1.29, 1.82) is 0 Å². The topological polar surface area (TPSA) is 58.2 Å². The van der Waals surface area contributed by atoms with Gasteiger partial charge < -0.3 is 10.6 Å². The lowest BCUT2D eigenvalue weighted by atomic mass is 9.72. The van der Waals surface area contributed by atoms with Gasteiger partial charge in [-0.05, 0) is 87.2 Å². The number of hydrogen-bond acceptors (Lipinski definition) is 2. The lowest BCUT2D eigenvalue weighted by Crippen LogP contribution is -2.26. The van der Waals surface area contributed by atoms with Crippen LogP contribution in [0.5, 0.6) is 0 Å². The van der Waals surface area contributed by atoms with Crippen molar-refractivity contribution in [1.82, 2.24) is 10.6 Å². The average Bonchev–Trinajstić information content (AvgIpc) is 2.68. The molecule has 4 nitrogen and oxygen atoms in total. The molecule has 32 heavy (non-hydrogen) atoms. The second-order valence-electron chi connectivity index (χ2n) is 10.8. The van der Waals surface area contributed by atoms with Crippen molar-refractivity contribution in [2.24, 2.45) is 10.8 Å². The quantitative estimate of drug-likeness (QED) is 0.333. The molecule has 2 aliphatic carbocycles. The Balaban J connectivity index is 1.66. The van der Waals surface area contributed by atoms with Gasteiger partial charge in [-0.3, -0.25) is 9.59 Å². The molecule has 0 bridgehead atoms. The number of unbranched alkanes of at least 4 members (excludes halogenated alkanes) is 1. The van der Waals surface area contributed by atoms with Crippen molar-refractivity contribution < 1.29 is 9.59 Å². The first-order valence-corrected chi connectivity index (χ1v) is 12.4. The molecule has 0 heterocycles. The van der Waals surface area contributed by atoms with Crippen LogP contribution < -0.4 is 10.6 Å². The van der Waals surface area contributed by atoms with E-state index < -0.39 is 0 Å². The van der Waals surface area contributed by atoms with Crippen LogP contribution >= 0.6 is 0 Å². The Kier molecular flexibility index (Phi) is 9.54. The zero-order chi connectivity index (χ0) is 23.8. The molecule has 2 aliphatic rings. The van der Waals surface area contributed by atoms with Crippen LogP contribution in [0.3, 0.4) is 0 Å². The van der Waals surface area contributed by atoms with Crippen LogP contribution in [-0.2, 0) is 9.59 Å². The largest absolute Gasteiger partial charge is 0.353 e. The Morgan fingerprint density at radius 2 is 1.12 bits per heavy atom. The summed E-state index contributed by atoms with van der Waals surface area (Å²) in [6, 6.07) is 0. The third-order valence-corrected chi connectivity index (χ3v) is 7.09. The molecule has 2 amide bonds. The van der Waals surface area contributed by atoms with E-state index in [1.54, 1.807) is 12.2 Å². The lowest BCUT2D eigenvalue weighted by Gasteiger charge is -2.32. The van der Waals surface area contributed by atoms with Crippen LogP contribution in [0.1, 0.15) is 92.9 Å². The maximum Gasteiger partial charge on any atom is 0.243 e. The monoisotopic (exact) mass is 440 g/mol. The van der Waals surface area contributed by atoms with E-state index in [4.69, 9.17) is 0 Å². The van der Waals surface area contributed by atoms with Gasteiger partial charge in [-0.25, -0.2) is 0 Å². The van der Waals surface area contributed by atoms with Gasteiger partial charge in [-0.15, -0.1) is 0 Å². The Bertz CT molecular complexity index is 741. The molecule has 0 spiro atoms. The minimum absolute atomic E-state index is 0.0441. The van der Waals surface area contributed by atoms with E-state index in [1.807, 2.05) is 12.2 Å². The molecule has 4 heteroatoms. The van der Waals surface area contributed by atoms with E-state index in [2.05, 4.69) is 52.2 Å². The number of carbonyl (C=O) groups excluding carboxylic acids is 2. The number of hydrogen-bond donors (Lipinski definition) is 2. The normalized spacial score (nSPS) is 20.8. The van der Waals surface area contributed by atoms with Crippen molar-refractivity contribution in [2.45, 2.75) is 92.9 Å². The van der Waals surface area contributed by atoms with Gasteiger partial charge in [0.15, 0.2) is 0 Å². The van der Waals surface area contributed by atoms with Crippen LogP contribution in [0, 0.1) is 10.8 Å². The first kappa shape index (κ1) is 26.2. The van der Waals surface area contributed by atoms with Crippen molar-refractivity contribution >= 4 is 11.8 Å². The number of nitrogens with one attached hydrogen (secondary N) is 2. The van der Waals surface area contributed by atoms with Crippen molar-refractivity contribution in [2.75, 3.05) is 13.1 Å². The summed E-state index contributed by atoms with van der Waals surface area (Å²) in [5.41, 5.74) is 5.69. The predicted octanol–water partition coefficient (Wildman–Crippen LogP) is 6.16. The van der Waals surface area contributed by atoms with Gasteiger partial charge in [0.05, 0.1) is 0 Å². The van der Waals surface area contributed by atoms with E-state index in [0.29, 0.717) is 13.1 Å². The first-order valence-electron chi connectivity index (χ1n) is 12.4. The van der Waals surface area contributed by atoms with Gasteiger partial charge in [0, 0.05) is 25.2 Å². The van der Waals surface area contributed by atoms with Crippen molar-refractivity contribution in [3.8, 4) is 0 Å². The standard InChI is InChI=1S/C28H44N2O2/c1-21-11-9-17-27(3,4)23(21)13-15-25(31)29-19-7-8-20-30-26(32)16-14-24-22(2)12-10-18-28(24,5)6/h13-16H,7-12,17-20H2,1-6H3,(H,29,31)(H,30,32)/b15-13+,16-14+. The van der Waals surface area contributed by atoms with E-state index in [-0.39, 0.29) is 22.6 Å². The fourth-order valence-corrected chi connectivity index (χ4v) is 5.13. The molecule has 0 fully saturated rings. The number of allylic oxidation sites excluding steroid dienone is 6. The molecule has 2 rings (SSSR count). The van der Waals surface area contributed by atoms with Crippen LogP contribution in [0.15, 0.2) is 46.6 Å². The average molecular weight is 441 g/mol. The summed E-state index contributed by atoms with van der Waals surface area (Å²) < 4.78 is 0. The molecule has 0 aliphatic heterocycles. The molecule has 0 aromatic rings. The summed E-state index contributed by atoms with van der Waals surface area (Å²) >= 11 is 0. The fourth-order valence-electron chi connectivity index (χ4n) is 5.13. The molecule has 2 N–H and O–H groups in total. The van der Waals surface area contributed by atoms with E-state index in [9.17, 15) is 9.59 Å². The SMILES string of the molecule is CC1=C(/C=C/C(=O)NCCCCNC(=O)/C=C/C2=C(C)CCCC2(C)C)C(C)(C)CCC1. The minimum Gasteiger partial charge on any atom is -0.353 e. The summed E-state index contributed by atoms with van der Waals surface area (Å²) in [6.07, 6.45) is 16.1. The number of rotatable bonds is 9. The number of amides is 2. The smallest absolute Gasteiger partial charge is 0.243 e. The Morgan fingerprint density at radius 3 is 1.47 bits per heavy atom. The highest BCUT2D eigenvalue weighted by Gasteiger charge is 2.27. The van der Waals surface area contributed by atoms with Gasteiger partial charge in [0.1, 0.15) is 0 Å². The van der Waals surface area contributed by atoms with Gasteiger partial charge in [0.25, 0.3) is 0 Å². The first-order chi connectivity index (χ1) is 15.0. The summed E-state index contributed by atoms with van der Waals surface area (Å²) in [7, 11) is 0. The second kappa shape index (κ2) is 11.7. The lowest BCUT2D eigenvalue weighted by molar-refractivity contribution is -0.117. The maximum atomic E-state index is 12.2. The van der Waals surface area contributed by atoms with Crippen LogP contribution in [-0.4, -0.2) is 24.9 Å². The molecule has 0 atom stereocenters. The van der Waals surface area contributed by atoms with E-state index in [1.165, 1.54) is 48.0 Å². The van der Waals surface area contributed by atoms with E-state index in [0.717, 1.165) is 25.7 Å². The zero-order valence-corrected chi connectivity index (χ0v) is 21.2. The Labute approximate surface area is 195 Å². The van der Waals surface area contributed by atoms with E-state index >= 15 is 0 Å². The highest BCUT2D eigenvalue weighted by Crippen LogP contribution is 2.41. The van der Waals surface area contributed by atoms with Crippen molar-refractivity contribution in [3.63, 3.8) is 0 Å². The molecule has 0 saturated heterocycles. The summed E-state index contributed by atoms with van der Waals surface area (Å²) in [4.78, 5) is 24.3. The molecule has 0 unspecified atom stereocenters. The van der Waals surface area contributed by atoms with Crippen molar-refractivity contribution in [3.05, 3.63) is 46.6 Å². The van der Waals surface area contributed by atoms with Crippen LogP contribution in [0.4, 0.5) is 0 Å². The third-order valence-electron chi connectivity index (χ3n) is 7.09. The highest BCUT2D eigenvalue weighted by molar-refractivity contribution is 5.88. The maximum absolute atomic E-state index is 12.2. The molecule has 0 aromatic heterocycles. The zero-order valence-electron chi connectivity index (χ0n) is 21.2. The highest BCUT2D eigenvalue weighted by atomic mass is 16.2. The Morgan fingerprint density at radius 1 is 0.750 bits per heavy atom. The van der Waals surface area contributed by atoms with Gasteiger partial charge in [-0.1, -0.05) is 51.0 Å². The van der Waals surface area contributed by atoms with Gasteiger partial charge >= 0.3 is 0 Å². The van der Waals surface area contributed by atoms with Crippen LogP contribution in [0.2, 0.25) is 0 Å². The molecular formula is C28H44N2O2. The predicted molar refractivity (Wildman–Crippen MR) is 134 cm³/mol. The molecule has 178 valence electrons. The second-order valence-corrected chi connectivity index (χ2v) is 10.8. The van der Waals surface area contributed by atoms with Gasteiger partial charge in [0.2, 0.25) is 11.8 Å². The molecule has 0 saturated carbocycles. The Hall–Kier alpha value is -2.10. The van der Waals surface area contributed by atoms with Crippen LogP contribution in [0.25, 0.3) is 0 Å². The molecular weight excluding hydrogens is 396 g/mol. The minimum atomic E-state index is -0.0441. The molecule has 0 aromatic carbocycles. The van der Waals surface area contributed by atoms with Gasteiger partial charge in [-0.2, -0.15) is 0 Å². The number of carbonyl (C=O) groups is 2. The third kappa shape index (κ3) is 7.79. The summed E-state index contributed by atoms with van der Waals surface area (Å²) in [5, 5.41) is 5.91.